The molecule has 0 aliphatic heterocycles. The van der Waals surface area contributed by atoms with Gasteiger partial charge in [-0.05, 0) is 38.3 Å². The van der Waals surface area contributed by atoms with E-state index in [1.807, 2.05) is 26.0 Å². The Balaban J connectivity index is 1.57. The first kappa shape index (κ1) is 17.5. The number of rotatable bonds is 6. The molecule has 0 unspecified atom stereocenters. The Morgan fingerprint density at radius 3 is 2.68 bits per heavy atom. The Morgan fingerprint density at radius 2 is 2.04 bits per heavy atom. The standard InChI is InChI=1S/C19H25N3O3/c1-13-6-7-16(14(2)12-13)24-11-8-17(23)21-19(9-4-5-10-19)18-20-15(3)25-22-18/h6-7,12H,4-5,8-11H2,1-3H3,(H,21,23). The van der Waals surface area contributed by atoms with Crippen LogP contribution in [-0.2, 0) is 10.3 Å². The third-order valence-electron chi connectivity index (χ3n) is 4.71. The second-order valence-electron chi connectivity index (χ2n) is 6.84. The molecule has 1 aliphatic rings. The SMILES string of the molecule is Cc1ccc(OCCC(=O)NC2(c3noc(C)n3)CCCC2)c(C)c1. The van der Waals surface area contributed by atoms with Crippen molar-refractivity contribution in [1.29, 1.82) is 0 Å². The molecule has 0 saturated heterocycles. The molecule has 1 aromatic heterocycles. The molecule has 25 heavy (non-hydrogen) atoms. The first-order valence-electron chi connectivity index (χ1n) is 8.80. The molecule has 0 spiro atoms. The van der Waals surface area contributed by atoms with Crippen molar-refractivity contribution < 1.29 is 14.1 Å². The van der Waals surface area contributed by atoms with Crippen LogP contribution < -0.4 is 10.1 Å². The first-order valence-corrected chi connectivity index (χ1v) is 8.80. The number of aryl methyl sites for hydroxylation is 3. The average Bonchev–Trinajstić information content (AvgIpc) is 3.19. The number of benzene rings is 1. The third-order valence-corrected chi connectivity index (χ3v) is 4.71. The van der Waals surface area contributed by atoms with Crippen LogP contribution in [0.25, 0.3) is 0 Å². The number of carbonyl (C=O) groups excluding carboxylic acids is 1. The Hall–Kier alpha value is -2.37. The topological polar surface area (TPSA) is 77.2 Å². The molecule has 6 heteroatoms. The average molecular weight is 343 g/mol. The molecule has 1 heterocycles. The summed E-state index contributed by atoms with van der Waals surface area (Å²) in [6, 6.07) is 6.03. The van der Waals surface area contributed by atoms with E-state index < -0.39 is 5.54 Å². The lowest BCUT2D eigenvalue weighted by molar-refractivity contribution is -0.123. The molecule has 0 atom stereocenters. The second-order valence-corrected chi connectivity index (χ2v) is 6.84. The molecule has 1 N–H and O–H groups in total. The number of carbonyl (C=O) groups is 1. The summed E-state index contributed by atoms with van der Waals surface area (Å²) in [4.78, 5) is 16.8. The van der Waals surface area contributed by atoms with E-state index in [0.29, 0.717) is 24.7 Å². The molecular formula is C19H25N3O3. The smallest absolute Gasteiger partial charge is 0.224 e. The number of hydrogen-bond acceptors (Lipinski definition) is 5. The monoisotopic (exact) mass is 343 g/mol. The molecule has 6 nitrogen and oxygen atoms in total. The van der Waals surface area contributed by atoms with Gasteiger partial charge in [0.05, 0.1) is 13.0 Å². The highest BCUT2D eigenvalue weighted by atomic mass is 16.5. The van der Waals surface area contributed by atoms with E-state index in [-0.39, 0.29) is 5.91 Å². The molecule has 1 amide bonds. The molecule has 1 saturated carbocycles. The fourth-order valence-corrected chi connectivity index (χ4v) is 3.42. The summed E-state index contributed by atoms with van der Waals surface area (Å²) in [6.07, 6.45) is 4.08. The lowest BCUT2D eigenvalue weighted by Crippen LogP contribution is -2.45. The lowest BCUT2D eigenvalue weighted by atomic mass is 9.96. The van der Waals surface area contributed by atoms with Gasteiger partial charge >= 0.3 is 0 Å². The van der Waals surface area contributed by atoms with E-state index in [9.17, 15) is 4.79 Å². The Kier molecular flexibility index (Phi) is 5.06. The second kappa shape index (κ2) is 7.25. The van der Waals surface area contributed by atoms with Gasteiger partial charge in [-0.25, -0.2) is 0 Å². The minimum absolute atomic E-state index is 0.0471. The maximum absolute atomic E-state index is 12.4. The van der Waals surface area contributed by atoms with Gasteiger partial charge in [-0.2, -0.15) is 4.98 Å². The number of hydrogen-bond donors (Lipinski definition) is 1. The number of aromatic nitrogens is 2. The van der Waals surface area contributed by atoms with Crippen LogP contribution in [0, 0.1) is 20.8 Å². The number of nitrogens with one attached hydrogen (secondary N) is 1. The Labute approximate surface area is 148 Å². The largest absolute Gasteiger partial charge is 0.493 e. The first-order chi connectivity index (χ1) is 12.0. The number of nitrogens with zero attached hydrogens (tertiary/aromatic N) is 2. The molecule has 1 aromatic carbocycles. The van der Waals surface area contributed by atoms with Gasteiger partial charge in [0.25, 0.3) is 0 Å². The van der Waals surface area contributed by atoms with E-state index in [2.05, 4.69) is 21.5 Å². The van der Waals surface area contributed by atoms with Gasteiger partial charge in [-0.1, -0.05) is 35.7 Å². The van der Waals surface area contributed by atoms with E-state index in [1.54, 1.807) is 6.92 Å². The zero-order chi connectivity index (χ0) is 17.9. The molecule has 0 radical (unpaired) electrons. The van der Waals surface area contributed by atoms with Gasteiger partial charge in [-0.3, -0.25) is 4.79 Å². The van der Waals surface area contributed by atoms with Crippen molar-refractivity contribution in [2.75, 3.05) is 6.61 Å². The van der Waals surface area contributed by atoms with Crippen LogP contribution in [0.1, 0.15) is 54.9 Å². The summed E-state index contributed by atoms with van der Waals surface area (Å²) in [6.45, 7) is 6.16. The summed E-state index contributed by atoms with van der Waals surface area (Å²) in [5.74, 6) is 1.89. The van der Waals surface area contributed by atoms with Crippen LogP contribution in [0.15, 0.2) is 22.7 Å². The van der Waals surface area contributed by atoms with Crippen LogP contribution in [0.2, 0.25) is 0 Å². The van der Waals surface area contributed by atoms with E-state index in [0.717, 1.165) is 37.0 Å². The molecule has 0 bridgehead atoms. The molecule has 2 aromatic rings. The zero-order valence-electron chi connectivity index (χ0n) is 15.1. The number of amides is 1. The molecule has 3 rings (SSSR count). The van der Waals surface area contributed by atoms with Crippen LogP contribution >= 0.6 is 0 Å². The van der Waals surface area contributed by atoms with Crippen molar-refractivity contribution in [3.05, 3.63) is 41.0 Å². The fraction of sp³-hybridized carbons (Fsp3) is 0.526. The summed E-state index contributed by atoms with van der Waals surface area (Å²) >= 11 is 0. The van der Waals surface area contributed by atoms with Crippen molar-refractivity contribution in [2.45, 2.75) is 58.4 Å². The normalized spacial score (nSPS) is 16.0. The van der Waals surface area contributed by atoms with E-state index >= 15 is 0 Å². The minimum Gasteiger partial charge on any atom is -0.493 e. The van der Waals surface area contributed by atoms with Gasteiger partial charge in [0.1, 0.15) is 11.3 Å². The number of ether oxygens (including phenoxy) is 1. The van der Waals surface area contributed by atoms with Crippen molar-refractivity contribution in [3.63, 3.8) is 0 Å². The zero-order valence-corrected chi connectivity index (χ0v) is 15.1. The van der Waals surface area contributed by atoms with Gasteiger partial charge in [0, 0.05) is 6.92 Å². The van der Waals surface area contributed by atoms with Gasteiger partial charge in [0.15, 0.2) is 5.82 Å². The van der Waals surface area contributed by atoms with Crippen LogP contribution in [-0.4, -0.2) is 22.7 Å². The Morgan fingerprint density at radius 1 is 1.28 bits per heavy atom. The van der Waals surface area contributed by atoms with Crippen molar-refractivity contribution in [1.82, 2.24) is 15.5 Å². The Bertz CT molecular complexity index is 748. The summed E-state index contributed by atoms with van der Waals surface area (Å²) < 4.78 is 10.9. The van der Waals surface area contributed by atoms with Crippen LogP contribution in [0.4, 0.5) is 0 Å². The van der Waals surface area contributed by atoms with Gasteiger partial charge in [0.2, 0.25) is 11.8 Å². The lowest BCUT2D eigenvalue weighted by Gasteiger charge is -2.26. The maximum Gasteiger partial charge on any atom is 0.224 e. The molecule has 134 valence electrons. The van der Waals surface area contributed by atoms with E-state index in [4.69, 9.17) is 9.26 Å². The van der Waals surface area contributed by atoms with Gasteiger partial charge < -0.3 is 14.6 Å². The highest BCUT2D eigenvalue weighted by molar-refractivity contribution is 5.77. The van der Waals surface area contributed by atoms with Crippen LogP contribution in [0.3, 0.4) is 0 Å². The minimum atomic E-state index is -0.491. The third kappa shape index (κ3) is 4.00. The maximum atomic E-state index is 12.4. The van der Waals surface area contributed by atoms with Crippen molar-refractivity contribution >= 4 is 5.91 Å². The summed E-state index contributed by atoms with van der Waals surface area (Å²) in [5, 5.41) is 7.17. The van der Waals surface area contributed by atoms with Crippen molar-refractivity contribution in [2.24, 2.45) is 0 Å². The highest BCUT2D eigenvalue weighted by Gasteiger charge is 2.41. The van der Waals surface area contributed by atoms with Crippen molar-refractivity contribution in [3.8, 4) is 5.75 Å². The molecule has 1 aliphatic carbocycles. The predicted octanol–water partition coefficient (Wildman–Crippen LogP) is 3.35. The fourth-order valence-electron chi connectivity index (χ4n) is 3.42. The summed E-state index contributed by atoms with van der Waals surface area (Å²) in [7, 11) is 0. The van der Waals surface area contributed by atoms with E-state index in [1.165, 1.54) is 5.56 Å². The predicted molar refractivity (Wildman–Crippen MR) is 93.4 cm³/mol. The van der Waals surface area contributed by atoms with Crippen LogP contribution in [0.5, 0.6) is 5.75 Å². The highest BCUT2D eigenvalue weighted by Crippen LogP contribution is 2.37. The molecule has 1 fully saturated rings. The quantitative estimate of drug-likeness (QED) is 0.870. The van der Waals surface area contributed by atoms with Gasteiger partial charge in [-0.15, -0.1) is 0 Å². The molecular weight excluding hydrogens is 318 g/mol. The summed E-state index contributed by atoms with van der Waals surface area (Å²) in [5.41, 5.74) is 1.78.